The predicted molar refractivity (Wildman–Crippen MR) is 276 cm³/mol. The van der Waals surface area contributed by atoms with Crippen molar-refractivity contribution in [1.82, 2.24) is 9.13 Å². The first-order valence-electron chi connectivity index (χ1n) is 22.4. The van der Waals surface area contributed by atoms with Crippen molar-refractivity contribution in [3.63, 3.8) is 0 Å². The van der Waals surface area contributed by atoms with Crippen LogP contribution in [0.2, 0.25) is 0 Å². The van der Waals surface area contributed by atoms with E-state index in [1.165, 1.54) is 87.6 Å². The summed E-state index contributed by atoms with van der Waals surface area (Å²) in [5.41, 5.74) is 15.1. The van der Waals surface area contributed by atoms with Gasteiger partial charge in [0.2, 0.25) is 0 Å². The summed E-state index contributed by atoms with van der Waals surface area (Å²) in [5.74, 6) is 0. The topological polar surface area (TPSA) is 13.1 Å². The normalized spacial score (nSPS) is 11.7. The van der Waals surface area contributed by atoms with Crippen molar-refractivity contribution >= 4 is 82.2 Å². The van der Waals surface area contributed by atoms with E-state index in [1.54, 1.807) is 0 Å². The van der Waals surface area contributed by atoms with E-state index < -0.39 is 0 Å². The lowest BCUT2D eigenvalue weighted by atomic mass is 9.91. The monoisotopic (exact) mass is 827 g/mol. The van der Waals surface area contributed by atoms with Crippen molar-refractivity contribution in [2.45, 2.75) is 0 Å². The van der Waals surface area contributed by atoms with Crippen molar-refractivity contribution in [3.05, 3.63) is 249 Å². The molecule has 13 rings (SSSR count). The van der Waals surface area contributed by atoms with Gasteiger partial charge in [0.05, 0.1) is 33.4 Å². The first kappa shape index (κ1) is 36.9. The molecule has 304 valence electrons. The third-order valence-corrected chi connectivity index (χ3v) is 13.3. The highest BCUT2D eigenvalue weighted by atomic mass is 15.1. The largest absolute Gasteiger partial charge is 0.310 e. The Kier molecular flexibility index (Phi) is 8.53. The Labute approximate surface area is 376 Å². The Morgan fingerprint density at radius 1 is 0.277 bits per heavy atom. The summed E-state index contributed by atoms with van der Waals surface area (Å²) < 4.78 is 4.84. The van der Waals surface area contributed by atoms with Gasteiger partial charge in [-0.25, -0.2) is 0 Å². The molecule has 0 aliphatic rings. The molecule has 2 aromatic heterocycles. The Balaban J connectivity index is 1.02. The van der Waals surface area contributed by atoms with Gasteiger partial charge in [-0.05, 0) is 111 Å². The van der Waals surface area contributed by atoms with Gasteiger partial charge in [0.1, 0.15) is 0 Å². The quantitative estimate of drug-likeness (QED) is 0.156. The maximum Gasteiger partial charge on any atom is 0.0562 e. The van der Waals surface area contributed by atoms with E-state index in [9.17, 15) is 0 Å². The van der Waals surface area contributed by atoms with E-state index in [0.29, 0.717) is 0 Å². The van der Waals surface area contributed by atoms with Gasteiger partial charge in [0.15, 0.2) is 0 Å². The van der Waals surface area contributed by atoms with Gasteiger partial charge in [-0.3, -0.25) is 0 Å². The summed E-state index contributed by atoms with van der Waals surface area (Å²) in [6.45, 7) is 0. The molecular formula is C62H41N3. The second-order valence-corrected chi connectivity index (χ2v) is 16.9. The lowest BCUT2D eigenvalue weighted by Gasteiger charge is -2.27. The van der Waals surface area contributed by atoms with Gasteiger partial charge >= 0.3 is 0 Å². The van der Waals surface area contributed by atoms with Crippen molar-refractivity contribution < 1.29 is 0 Å². The third-order valence-electron chi connectivity index (χ3n) is 13.3. The Morgan fingerprint density at radius 3 is 1.43 bits per heavy atom. The molecule has 3 nitrogen and oxygen atoms in total. The van der Waals surface area contributed by atoms with Crippen molar-refractivity contribution in [2.75, 3.05) is 4.90 Å². The lowest BCUT2D eigenvalue weighted by Crippen LogP contribution is -2.10. The van der Waals surface area contributed by atoms with Crippen LogP contribution in [0.3, 0.4) is 0 Å². The minimum absolute atomic E-state index is 1.08. The number of aromatic nitrogens is 2. The van der Waals surface area contributed by atoms with Crippen LogP contribution in [0.25, 0.3) is 98.8 Å². The zero-order valence-corrected chi connectivity index (χ0v) is 35.5. The minimum atomic E-state index is 1.08. The fraction of sp³-hybridized carbons (Fsp3) is 0. The van der Waals surface area contributed by atoms with Crippen LogP contribution in [0.5, 0.6) is 0 Å². The second-order valence-electron chi connectivity index (χ2n) is 16.9. The highest BCUT2D eigenvalue weighted by Crippen LogP contribution is 2.46. The maximum atomic E-state index is 2.45. The molecule has 0 bridgehead atoms. The lowest BCUT2D eigenvalue weighted by molar-refractivity contribution is 1.17. The number of para-hydroxylation sites is 3. The van der Waals surface area contributed by atoms with Crippen molar-refractivity contribution in [1.29, 1.82) is 0 Å². The van der Waals surface area contributed by atoms with Crippen molar-refractivity contribution in [3.8, 4) is 33.6 Å². The summed E-state index contributed by atoms with van der Waals surface area (Å²) in [6.07, 6.45) is 0. The average Bonchev–Trinajstić information content (AvgIpc) is 3.90. The van der Waals surface area contributed by atoms with Gasteiger partial charge in [0.25, 0.3) is 0 Å². The van der Waals surface area contributed by atoms with Gasteiger partial charge in [-0.15, -0.1) is 0 Å². The third kappa shape index (κ3) is 5.90. The first-order chi connectivity index (χ1) is 32.3. The number of nitrogens with zero attached hydrogens (tertiary/aromatic N) is 3. The van der Waals surface area contributed by atoms with E-state index in [-0.39, 0.29) is 0 Å². The van der Waals surface area contributed by atoms with Crippen LogP contribution in [-0.4, -0.2) is 9.13 Å². The van der Waals surface area contributed by atoms with Gasteiger partial charge < -0.3 is 14.0 Å². The molecule has 0 unspecified atom stereocenters. The number of rotatable bonds is 7. The average molecular weight is 828 g/mol. The smallest absolute Gasteiger partial charge is 0.0562 e. The van der Waals surface area contributed by atoms with Crippen LogP contribution < -0.4 is 4.90 Å². The number of anilines is 3. The van der Waals surface area contributed by atoms with E-state index in [4.69, 9.17) is 0 Å². The van der Waals surface area contributed by atoms with Gasteiger partial charge in [-0.1, -0.05) is 176 Å². The molecule has 0 N–H and O–H groups in total. The van der Waals surface area contributed by atoms with E-state index in [2.05, 4.69) is 263 Å². The number of hydrogen-bond acceptors (Lipinski definition) is 1. The molecule has 0 atom stereocenters. The van der Waals surface area contributed by atoms with E-state index >= 15 is 0 Å². The van der Waals surface area contributed by atoms with Crippen LogP contribution >= 0.6 is 0 Å². The molecule has 11 aromatic carbocycles. The molecule has 0 amide bonds. The fourth-order valence-electron chi connectivity index (χ4n) is 10.5. The summed E-state index contributed by atoms with van der Waals surface area (Å²) >= 11 is 0. The molecule has 0 aliphatic heterocycles. The predicted octanol–water partition coefficient (Wildman–Crippen LogP) is 17.0. The molecule has 3 heteroatoms. The number of fused-ring (bicyclic) bond motifs is 8. The molecule has 65 heavy (non-hydrogen) atoms. The molecule has 0 saturated carbocycles. The van der Waals surface area contributed by atoms with Crippen molar-refractivity contribution in [2.24, 2.45) is 0 Å². The summed E-state index contributed by atoms with van der Waals surface area (Å²) in [6, 6.07) is 90.7. The van der Waals surface area contributed by atoms with Crippen LogP contribution in [0.4, 0.5) is 17.1 Å². The minimum Gasteiger partial charge on any atom is -0.310 e. The summed E-state index contributed by atoms with van der Waals surface area (Å²) in [5, 5.41) is 9.85. The molecule has 0 aliphatic carbocycles. The number of benzene rings is 11. The van der Waals surface area contributed by atoms with E-state index in [1.807, 2.05) is 0 Å². The SMILES string of the molecule is c1ccc(-c2cccc3cccc(-c4ccc(N(c5ccc(-n6c7ccccc7c7ccccc76)cc5)c5cccc6c5c5ccccc5n6-c5cccc6ccccc56)cc4)c23)cc1. The first-order valence-corrected chi connectivity index (χ1v) is 22.4. The zero-order valence-electron chi connectivity index (χ0n) is 35.5. The Bertz CT molecular complexity index is 3870. The molecular weight excluding hydrogens is 787 g/mol. The highest BCUT2D eigenvalue weighted by molar-refractivity contribution is 6.17. The number of hydrogen-bond donors (Lipinski definition) is 0. The van der Waals surface area contributed by atoms with Crippen LogP contribution in [0, 0.1) is 0 Å². The molecule has 2 heterocycles. The maximum absolute atomic E-state index is 2.45. The summed E-state index contributed by atoms with van der Waals surface area (Å²) in [4.78, 5) is 2.44. The van der Waals surface area contributed by atoms with E-state index in [0.717, 1.165) is 28.3 Å². The molecule has 0 saturated heterocycles. The Hall–Kier alpha value is -8.66. The summed E-state index contributed by atoms with van der Waals surface area (Å²) in [7, 11) is 0. The van der Waals surface area contributed by atoms with Crippen LogP contribution in [0.1, 0.15) is 0 Å². The molecule has 0 fully saturated rings. The van der Waals surface area contributed by atoms with Gasteiger partial charge in [0, 0.05) is 44.0 Å². The highest BCUT2D eigenvalue weighted by Gasteiger charge is 2.23. The Morgan fingerprint density at radius 2 is 0.754 bits per heavy atom. The standard InChI is InChI=1S/C62H41N3/c1-2-16-43(17-3-1)50-26-12-20-45-21-13-27-51(61(45)50)44-34-36-46(37-35-44)63(47-38-40-48(41-39-47)64-56-28-9-6-23-52(56)53-24-7-10-29-57(53)64)59-32-15-33-60-62(59)54-25-8-11-30-58(54)65(60)55-31-14-19-42-18-4-5-22-49(42)55/h1-41H. The molecule has 0 spiro atoms. The zero-order chi connectivity index (χ0) is 42.8. The molecule has 0 radical (unpaired) electrons. The molecule has 13 aromatic rings. The second kappa shape index (κ2) is 15.0. The van der Waals surface area contributed by atoms with Crippen LogP contribution in [0.15, 0.2) is 249 Å². The van der Waals surface area contributed by atoms with Crippen LogP contribution in [-0.2, 0) is 0 Å². The fourth-order valence-corrected chi connectivity index (χ4v) is 10.5. The van der Waals surface area contributed by atoms with Gasteiger partial charge in [-0.2, -0.15) is 0 Å².